The lowest BCUT2D eigenvalue weighted by Crippen LogP contribution is -2.29. The van der Waals surface area contributed by atoms with Gasteiger partial charge in [0, 0.05) is 19.3 Å². The lowest BCUT2D eigenvalue weighted by molar-refractivity contribution is 0.455. The van der Waals surface area contributed by atoms with Crippen molar-refractivity contribution in [3.8, 4) is 0 Å². The molecule has 0 spiro atoms. The first-order valence-electron chi connectivity index (χ1n) is 6.34. The summed E-state index contributed by atoms with van der Waals surface area (Å²) in [7, 11) is 1.91. The largest absolute Gasteiger partial charge is 0.314 e. The van der Waals surface area contributed by atoms with E-state index in [2.05, 4.69) is 29.5 Å². The lowest BCUT2D eigenvalue weighted by Gasteiger charge is -2.15. The van der Waals surface area contributed by atoms with Gasteiger partial charge in [0.25, 0.3) is 0 Å². The van der Waals surface area contributed by atoms with Crippen LogP contribution in [-0.2, 0) is 13.5 Å². The van der Waals surface area contributed by atoms with Crippen molar-refractivity contribution in [1.82, 2.24) is 20.3 Å². The predicted octanol–water partition coefficient (Wildman–Crippen LogP) is 1.92. The Kier molecular flexibility index (Phi) is 6.08. The minimum absolute atomic E-state index is 0.664. The molecular formula is C12H24N4. The van der Waals surface area contributed by atoms with E-state index in [0.717, 1.165) is 18.7 Å². The van der Waals surface area contributed by atoms with E-state index in [0.29, 0.717) is 6.04 Å². The molecule has 0 aliphatic carbocycles. The van der Waals surface area contributed by atoms with Crippen molar-refractivity contribution in [2.75, 3.05) is 6.54 Å². The summed E-state index contributed by atoms with van der Waals surface area (Å²) in [4.78, 5) is 0. The second-order valence-electron chi connectivity index (χ2n) is 4.34. The van der Waals surface area contributed by atoms with Crippen LogP contribution in [-0.4, -0.2) is 27.6 Å². The van der Waals surface area contributed by atoms with Gasteiger partial charge in [-0.1, -0.05) is 19.1 Å². The number of hydrogen-bond acceptors (Lipinski definition) is 3. The molecule has 1 heterocycles. The van der Waals surface area contributed by atoms with Crippen molar-refractivity contribution in [2.45, 2.75) is 52.0 Å². The molecule has 0 fully saturated rings. The van der Waals surface area contributed by atoms with Crippen LogP contribution in [0.3, 0.4) is 0 Å². The zero-order valence-corrected chi connectivity index (χ0v) is 10.7. The van der Waals surface area contributed by atoms with Gasteiger partial charge >= 0.3 is 0 Å². The number of nitrogens with one attached hydrogen (secondary N) is 1. The highest BCUT2D eigenvalue weighted by atomic mass is 15.4. The number of nitrogens with zero attached hydrogens (tertiary/aromatic N) is 3. The number of aromatic nitrogens is 3. The molecule has 0 aliphatic rings. The highest BCUT2D eigenvalue weighted by molar-refractivity contribution is 4.91. The van der Waals surface area contributed by atoms with Gasteiger partial charge in [-0.15, -0.1) is 5.10 Å². The molecule has 4 nitrogen and oxygen atoms in total. The van der Waals surface area contributed by atoms with Gasteiger partial charge in [0.1, 0.15) is 0 Å². The van der Waals surface area contributed by atoms with E-state index in [-0.39, 0.29) is 0 Å². The fourth-order valence-electron chi connectivity index (χ4n) is 1.84. The van der Waals surface area contributed by atoms with Crippen LogP contribution < -0.4 is 5.32 Å². The summed E-state index contributed by atoms with van der Waals surface area (Å²) < 4.78 is 1.77. The van der Waals surface area contributed by atoms with Crippen LogP contribution >= 0.6 is 0 Å². The summed E-state index contributed by atoms with van der Waals surface area (Å²) in [6, 6.07) is 0.664. The maximum absolute atomic E-state index is 4.09. The van der Waals surface area contributed by atoms with E-state index < -0.39 is 0 Å². The molecule has 1 aromatic rings. The Balaban J connectivity index is 2.17. The summed E-state index contributed by atoms with van der Waals surface area (Å²) in [5.41, 5.74) is 1.10. The van der Waals surface area contributed by atoms with Crippen molar-refractivity contribution in [2.24, 2.45) is 7.05 Å². The van der Waals surface area contributed by atoms with Crippen molar-refractivity contribution >= 4 is 0 Å². The molecule has 4 heteroatoms. The summed E-state index contributed by atoms with van der Waals surface area (Å²) in [6.07, 6.45) is 7.88. The molecule has 1 atom stereocenters. The topological polar surface area (TPSA) is 42.7 Å². The smallest absolute Gasteiger partial charge is 0.0827 e. The van der Waals surface area contributed by atoms with Crippen LogP contribution in [0.5, 0.6) is 0 Å². The van der Waals surface area contributed by atoms with E-state index in [1.807, 2.05) is 13.2 Å². The van der Waals surface area contributed by atoms with E-state index in [1.165, 1.54) is 25.7 Å². The zero-order chi connectivity index (χ0) is 11.8. The molecule has 16 heavy (non-hydrogen) atoms. The van der Waals surface area contributed by atoms with E-state index in [4.69, 9.17) is 0 Å². The van der Waals surface area contributed by atoms with Gasteiger partial charge in [0.2, 0.25) is 0 Å². The molecular weight excluding hydrogens is 200 g/mol. The second-order valence-corrected chi connectivity index (χ2v) is 4.34. The third-order valence-corrected chi connectivity index (χ3v) is 2.81. The van der Waals surface area contributed by atoms with Gasteiger partial charge in [-0.25, -0.2) is 0 Å². The molecule has 0 aromatic carbocycles. The average Bonchev–Trinajstić information content (AvgIpc) is 2.69. The van der Waals surface area contributed by atoms with Crippen LogP contribution in [0, 0.1) is 0 Å². The van der Waals surface area contributed by atoms with Crippen molar-refractivity contribution < 1.29 is 0 Å². The summed E-state index contributed by atoms with van der Waals surface area (Å²) >= 11 is 0. The van der Waals surface area contributed by atoms with Gasteiger partial charge in [0.15, 0.2) is 0 Å². The maximum Gasteiger partial charge on any atom is 0.0827 e. The van der Waals surface area contributed by atoms with E-state index in [1.54, 1.807) is 4.68 Å². The van der Waals surface area contributed by atoms with Gasteiger partial charge in [-0.2, -0.15) is 0 Å². The summed E-state index contributed by atoms with van der Waals surface area (Å²) in [5, 5.41) is 11.6. The molecule has 0 radical (unpaired) electrons. The van der Waals surface area contributed by atoms with Crippen LogP contribution in [0.4, 0.5) is 0 Å². The maximum atomic E-state index is 4.09. The second kappa shape index (κ2) is 7.39. The molecule has 1 unspecified atom stereocenters. The van der Waals surface area contributed by atoms with Crippen LogP contribution in [0.1, 0.15) is 45.2 Å². The number of hydrogen-bond donors (Lipinski definition) is 1. The third kappa shape index (κ3) is 4.75. The first kappa shape index (κ1) is 13.2. The van der Waals surface area contributed by atoms with Crippen LogP contribution in [0.25, 0.3) is 0 Å². The molecule has 0 saturated carbocycles. The highest BCUT2D eigenvalue weighted by Crippen LogP contribution is 2.06. The van der Waals surface area contributed by atoms with Crippen LogP contribution in [0.15, 0.2) is 6.20 Å². The Labute approximate surface area is 98.4 Å². The molecule has 92 valence electrons. The predicted molar refractivity (Wildman–Crippen MR) is 66.3 cm³/mol. The highest BCUT2D eigenvalue weighted by Gasteiger charge is 2.05. The Morgan fingerprint density at radius 1 is 1.44 bits per heavy atom. The SMILES string of the molecule is CCCNC(CC)CCCc1cn(C)nn1. The molecule has 1 rings (SSSR count). The monoisotopic (exact) mass is 224 g/mol. The molecule has 0 amide bonds. The standard InChI is InChI=1S/C12H24N4/c1-4-9-13-11(5-2)7-6-8-12-10-16(3)15-14-12/h10-11,13H,4-9H2,1-3H3. The van der Waals surface area contributed by atoms with Gasteiger partial charge < -0.3 is 5.32 Å². The number of aryl methyl sites for hydroxylation is 2. The Morgan fingerprint density at radius 3 is 2.81 bits per heavy atom. The van der Waals surface area contributed by atoms with Gasteiger partial charge in [-0.3, -0.25) is 4.68 Å². The fraction of sp³-hybridized carbons (Fsp3) is 0.833. The Morgan fingerprint density at radius 2 is 2.25 bits per heavy atom. The van der Waals surface area contributed by atoms with E-state index in [9.17, 15) is 0 Å². The molecule has 0 saturated heterocycles. The van der Waals surface area contributed by atoms with Gasteiger partial charge in [-0.05, 0) is 38.6 Å². The zero-order valence-electron chi connectivity index (χ0n) is 10.7. The van der Waals surface area contributed by atoms with Gasteiger partial charge in [0.05, 0.1) is 5.69 Å². The molecule has 1 aromatic heterocycles. The van der Waals surface area contributed by atoms with Crippen molar-refractivity contribution in [1.29, 1.82) is 0 Å². The average molecular weight is 224 g/mol. The van der Waals surface area contributed by atoms with Crippen LogP contribution in [0.2, 0.25) is 0 Å². The minimum Gasteiger partial charge on any atom is -0.314 e. The molecule has 1 N–H and O–H groups in total. The minimum atomic E-state index is 0.664. The Hall–Kier alpha value is -0.900. The van der Waals surface area contributed by atoms with E-state index >= 15 is 0 Å². The van der Waals surface area contributed by atoms with Crippen molar-refractivity contribution in [3.05, 3.63) is 11.9 Å². The Bertz CT molecular complexity index is 282. The first-order valence-corrected chi connectivity index (χ1v) is 6.34. The molecule has 0 bridgehead atoms. The third-order valence-electron chi connectivity index (χ3n) is 2.81. The summed E-state index contributed by atoms with van der Waals surface area (Å²) in [5.74, 6) is 0. The van der Waals surface area contributed by atoms with Crippen molar-refractivity contribution in [3.63, 3.8) is 0 Å². The first-order chi connectivity index (χ1) is 7.76. The number of rotatable bonds is 8. The normalized spacial score (nSPS) is 12.9. The quantitative estimate of drug-likeness (QED) is 0.733. The molecule has 0 aliphatic heterocycles. The summed E-state index contributed by atoms with van der Waals surface area (Å²) in [6.45, 7) is 5.58. The lowest BCUT2D eigenvalue weighted by atomic mass is 10.1. The fourth-order valence-corrected chi connectivity index (χ4v) is 1.84.